The van der Waals surface area contributed by atoms with Gasteiger partial charge in [-0.15, -0.1) is 0 Å². The first-order valence-electron chi connectivity index (χ1n) is 7.01. The zero-order valence-electron chi connectivity index (χ0n) is 12.1. The first-order chi connectivity index (χ1) is 7.63. The van der Waals surface area contributed by atoms with Crippen LogP contribution >= 0.6 is 0 Å². The molecule has 0 radical (unpaired) electrons. The second-order valence-corrected chi connectivity index (χ2v) is 5.13. The molecule has 1 unspecified atom stereocenters. The lowest BCUT2D eigenvalue weighted by molar-refractivity contribution is 0.169. The number of likely N-dealkylation sites (tertiary alicyclic amines) is 1. The number of unbranched alkanes of at least 4 members (excludes halogenated alkanes) is 1. The molecule has 0 N–H and O–H groups in total. The van der Waals surface area contributed by atoms with Gasteiger partial charge in [0.05, 0.1) is 0 Å². The van der Waals surface area contributed by atoms with Gasteiger partial charge in [0, 0.05) is 13.1 Å². The molecule has 1 heterocycles. The maximum Gasteiger partial charge on any atom is 0.00188 e. The van der Waals surface area contributed by atoms with Gasteiger partial charge in [-0.1, -0.05) is 33.6 Å². The normalized spacial score (nSPS) is 21.8. The van der Waals surface area contributed by atoms with Gasteiger partial charge >= 0.3 is 0 Å². The van der Waals surface area contributed by atoms with Crippen LogP contribution in [0.3, 0.4) is 0 Å². The Kier molecular flexibility index (Phi) is 10.0. The van der Waals surface area contributed by atoms with Crippen molar-refractivity contribution in [2.24, 2.45) is 5.92 Å². The van der Waals surface area contributed by atoms with Gasteiger partial charge in [0.15, 0.2) is 0 Å². The minimum absolute atomic E-state index is 0.911. The summed E-state index contributed by atoms with van der Waals surface area (Å²) >= 11 is 0. The summed E-state index contributed by atoms with van der Waals surface area (Å²) < 4.78 is 0. The smallest absolute Gasteiger partial charge is 0.00188 e. The van der Waals surface area contributed by atoms with Crippen molar-refractivity contribution in [3.8, 4) is 0 Å². The molecular formula is C14H32N2. The van der Waals surface area contributed by atoms with Gasteiger partial charge in [-0.25, -0.2) is 0 Å². The molecule has 0 aromatic carbocycles. The molecule has 0 bridgehead atoms. The van der Waals surface area contributed by atoms with Crippen LogP contribution in [0.25, 0.3) is 0 Å². The van der Waals surface area contributed by atoms with Crippen molar-refractivity contribution in [1.29, 1.82) is 0 Å². The third kappa shape index (κ3) is 8.12. The Bertz CT molecular complexity index is 146. The maximum absolute atomic E-state index is 2.46. The lowest BCUT2D eigenvalue weighted by Gasteiger charge is -2.32. The minimum atomic E-state index is 0.911. The van der Waals surface area contributed by atoms with E-state index in [4.69, 9.17) is 0 Å². The van der Waals surface area contributed by atoms with Crippen molar-refractivity contribution in [2.45, 2.75) is 46.5 Å². The highest BCUT2D eigenvalue weighted by molar-refractivity contribution is 4.72. The minimum Gasteiger partial charge on any atom is -0.306 e. The van der Waals surface area contributed by atoms with Crippen LogP contribution in [0.1, 0.15) is 46.5 Å². The third-order valence-corrected chi connectivity index (χ3v) is 3.33. The number of hydrogen-bond acceptors (Lipinski definition) is 2. The molecule has 1 atom stereocenters. The quantitative estimate of drug-likeness (QED) is 0.729. The summed E-state index contributed by atoms with van der Waals surface area (Å²) in [6, 6.07) is 0. The molecular weight excluding hydrogens is 196 g/mol. The van der Waals surface area contributed by atoms with Gasteiger partial charge in [0.2, 0.25) is 0 Å². The van der Waals surface area contributed by atoms with Crippen molar-refractivity contribution in [3.63, 3.8) is 0 Å². The zero-order valence-corrected chi connectivity index (χ0v) is 12.1. The SMILES string of the molecule is CCCC.CCN(C)CC1CCCN(C)C1. The van der Waals surface area contributed by atoms with E-state index >= 15 is 0 Å². The fraction of sp³-hybridized carbons (Fsp3) is 1.00. The molecule has 2 nitrogen and oxygen atoms in total. The average Bonchev–Trinajstić information content (AvgIpc) is 2.29. The second-order valence-electron chi connectivity index (χ2n) is 5.13. The molecule has 0 aromatic heterocycles. The first kappa shape index (κ1) is 15.9. The monoisotopic (exact) mass is 228 g/mol. The summed E-state index contributed by atoms with van der Waals surface area (Å²) in [6.07, 6.45) is 5.45. The molecule has 0 spiro atoms. The van der Waals surface area contributed by atoms with Gasteiger partial charge in [0.25, 0.3) is 0 Å². The van der Waals surface area contributed by atoms with E-state index < -0.39 is 0 Å². The van der Waals surface area contributed by atoms with E-state index in [1.54, 1.807) is 0 Å². The van der Waals surface area contributed by atoms with E-state index in [2.05, 4.69) is 44.7 Å². The Morgan fingerprint density at radius 1 is 1.19 bits per heavy atom. The summed E-state index contributed by atoms with van der Waals surface area (Å²) in [5.74, 6) is 0.911. The number of rotatable bonds is 4. The maximum atomic E-state index is 2.46. The van der Waals surface area contributed by atoms with E-state index in [1.807, 2.05) is 0 Å². The summed E-state index contributed by atoms with van der Waals surface area (Å²) in [4.78, 5) is 4.88. The highest BCUT2D eigenvalue weighted by atomic mass is 15.1. The van der Waals surface area contributed by atoms with Gasteiger partial charge < -0.3 is 9.80 Å². The summed E-state index contributed by atoms with van der Waals surface area (Å²) in [6.45, 7) is 11.6. The standard InChI is InChI=1S/C10H22N2.C4H10/c1-4-11(2)8-10-6-5-7-12(3)9-10;1-3-4-2/h10H,4-9H2,1-3H3;3-4H2,1-2H3. The number of hydrogen-bond donors (Lipinski definition) is 0. The molecule has 16 heavy (non-hydrogen) atoms. The Morgan fingerprint density at radius 2 is 1.81 bits per heavy atom. The van der Waals surface area contributed by atoms with Crippen LogP contribution in [0.15, 0.2) is 0 Å². The van der Waals surface area contributed by atoms with E-state index in [9.17, 15) is 0 Å². The van der Waals surface area contributed by atoms with Crippen molar-refractivity contribution in [2.75, 3.05) is 40.3 Å². The molecule has 1 aliphatic heterocycles. The topological polar surface area (TPSA) is 6.48 Å². The van der Waals surface area contributed by atoms with E-state index in [-0.39, 0.29) is 0 Å². The Morgan fingerprint density at radius 3 is 2.25 bits per heavy atom. The van der Waals surface area contributed by atoms with E-state index in [0.29, 0.717) is 0 Å². The third-order valence-electron chi connectivity index (χ3n) is 3.33. The van der Waals surface area contributed by atoms with E-state index in [0.717, 1.165) is 5.92 Å². The lowest BCUT2D eigenvalue weighted by atomic mass is 9.98. The molecule has 1 aliphatic rings. The van der Waals surface area contributed by atoms with Crippen molar-refractivity contribution in [1.82, 2.24) is 9.80 Å². The molecule has 1 rings (SSSR count). The first-order valence-corrected chi connectivity index (χ1v) is 7.01. The molecule has 1 saturated heterocycles. The summed E-state index contributed by atoms with van der Waals surface area (Å²) in [7, 11) is 4.45. The van der Waals surface area contributed by atoms with Crippen LogP contribution in [0.2, 0.25) is 0 Å². The summed E-state index contributed by atoms with van der Waals surface area (Å²) in [5.41, 5.74) is 0. The molecule has 0 aromatic rings. The van der Waals surface area contributed by atoms with Crippen molar-refractivity contribution < 1.29 is 0 Å². The van der Waals surface area contributed by atoms with E-state index in [1.165, 1.54) is 51.9 Å². The average molecular weight is 228 g/mol. The fourth-order valence-corrected chi connectivity index (χ4v) is 1.99. The van der Waals surface area contributed by atoms with Crippen molar-refractivity contribution in [3.05, 3.63) is 0 Å². The molecule has 0 aliphatic carbocycles. The van der Waals surface area contributed by atoms with Crippen LogP contribution in [-0.4, -0.2) is 50.1 Å². The van der Waals surface area contributed by atoms with Gasteiger partial charge in [-0.05, 0) is 45.9 Å². The zero-order chi connectivity index (χ0) is 12.4. The fourth-order valence-electron chi connectivity index (χ4n) is 1.99. The predicted octanol–water partition coefficient (Wildman–Crippen LogP) is 3.09. The van der Waals surface area contributed by atoms with Crippen LogP contribution < -0.4 is 0 Å². The highest BCUT2D eigenvalue weighted by Crippen LogP contribution is 2.15. The number of nitrogens with zero attached hydrogens (tertiary/aromatic N) is 2. The van der Waals surface area contributed by atoms with Crippen LogP contribution in [-0.2, 0) is 0 Å². The lowest BCUT2D eigenvalue weighted by Crippen LogP contribution is -2.37. The number of piperidine rings is 1. The molecule has 1 fully saturated rings. The van der Waals surface area contributed by atoms with Crippen molar-refractivity contribution >= 4 is 0 Å². The molecule has 0 saturated carbocycles. The van der Waals surface area contributed by atoms with Crippen LogP contribution in [0, 0.1) is 5.92 Å². The Labute approximate surface area is 103 Å². The Hall–Kier alpha value is -0.0800. The summed E-state index contributed by atoms with van der Waals surface area (Å²) in [5, 5.41) is 0. The molecule has 2 heteroatoms. The Balaban J connectivity index is 0.000000487. The molecule has 0 amide bonds. The second kappa shape index (κ2) is 10.1. The predicted molar refractivity (Wildman–Crippen MR) is 74.0 cm³/mol. The highest BCUT2D eigenvalue weighted by Gasteiger charge is 2.17. The van der Waals surface area contributed by atoms with Gasteiger partial charge in [0.1, 0.15) is 0 Å². The molecule has 98 valence electrons. The largest absolute Gasteiger partial charge is 0.306 e. The van der Waals surface area contributed by atoms with Gasteiger partial charge in [-0.3, -0.25) is 0 Å². The van der Waals surface area contributed by atoms with Crippen LogP contribution in [0.5, 0.6) is 0 Å². The van der Waals surface area contributed by atoms with Crippen LogP contribution in [0.4, 0.5) is 0 Å². The van der Waals surface area contributed by atoms with Gasteiger partial charge in [-0.2, -0.15) is 0 Å².